The van der Waals surface area contributed by atoms with E-state index >= 15 is 0 Å². The molecule has 2 rings (SSSR count). The van der Waals surface area contributed by atoms with Crippen LogP contribution in [0.4, 0.5) is 14.5 Å². The fourth-order valence-electron chi connectivity index (χ4n) is 1.17. The molecule has 1 unspecified atom stereocenters. The molecule has 1 saturated heterocycles. The van der Waals surface area contributed by atoms with E-state index in [4.69, 9.17) is 4.74 Å². The predicted octanol–water partition coefficient (Wildman–Crippen LogP) is 1.94. The third kappa shape index (κ3) is 1.44. The first-order valence-corrected chi connectivity index (χ1v) is 3.84. The smallest absolute Gasteiger partial charge is 0.307 e. The molecule has 4 nitrogen and oxygen atoms in total. The van der Waals surface area contributed by atoms with Gasteiger partial charge in [0.25, 0.3) is 0 Å². The Hall–Kier alpha value is -1.56. The molecule has 1 atom stereocenters. The summed E-state index contributed by atoms with van der Waals surface area (Å²) in [5.74, 6) is -1.84. The Morgan fingerprint density at radius 3 is 2.57 bits per heavy atom. The summed E-state index contributed by atoms with van der Waals surface area (Å²) in [7, 11) is 0. The lowest BCUT2D eigenvalue weighted by molar-refractivity contribution is -0.387. The largest absolute Gasteiger partial charge is 0.368 e. The fraction of sp³-hybridized carbons (Fsp3) is 0.250. The molecule has 1 heterocycles. The summed E-state index contributed by atoms with van der Waals surface area (Å²) in [4.78, 5) is 9.28. The van der Waals surface area contributed by atoms with Gasteiger partial charge in [0.15, 0.2) is 0 Å². The van der Waals surface area contributed by atoms with Gasteiger partial charge in [-0.2, -0.15) is 4.39 Å². The molecule has 6 heteroatoms. The van der Waals surface area contributed by atoms with Gasteiger partial charge in [-0.15, -0.1) is 0 Å². The lowest BCUT2D eigenvalue weighted by Crippen LogP contribution is -1.97. The fourth-order valence-corrected chi connectivity index (χ4v) is 1.17. The minimum Gasteiger partial charge on any atom is -0.368 e. The molecule has 1 aromatic rings. The number of nitrogens with zero attached hydrogens (tertiary/aromatic N) is 1. The molecule has 1 fully saturated rings. The Morgan fingerprint density at radius 2 is 2.07 bits per heavy atom. The number of halogens is 2. The van der Waals surface area contributed by atoms with Gasteiger partial charge in [0.2, 0.25) is 5.82 Å². The van der Waals surface area contributed by atoms with Crippen molar-refractivity contribution >= 4 is 5.69 Å². The summed E-state index contributed by atoms with van der Waals surface area (Å²) in [5, 5.41) is 10.2. The molecular weight excluding hydrogens is 196 g/mol. The van der Waals surface area contributed by atoms with Crippen molar-refractivity contribution in [2.75, 3.05) is 6.61 Å². The lowest BCUT2D eigenvalue weighted by atomic mass is 10.1. The van der Waals surface area contributed by atoms with E-state index in [0.29, 0.717) is 12.7 Å². The maximum Gasteiger partial charge on any atom is 0.307 e. The van der Waals surface area contributed by atoms with E-state index in [0.717, 1.165) is 6.07 Å². The highest BCUT2D eigenvalue weighted by Crippen LogP contribution is 2.34. The third-order valence-electron chi connectivity index (χ3n) is 1.94. The molecular formula is C8H5F2NO3. The van der Waals surface area contributed by atoms with E-state index in [2.05, 4.69) is 0 Å². The van der Waals surface area contributed by atoms with Gasteiger partial charge in [0, 0.05) is 5.56 Å². The number of hydrogen-bond acceptors (Lipinski definition) is 3. The molecule has 0 aromatic heterocycles. The number of benzene rings is 1. The molecule has 1 aliphatic heterocycles. The van der Waals surface area contributed by atoms with Gasteiger partial charge >= 0.3 is 5.69 Å². The molecule has 0 bridgehead atoms. The Labute approximate surface area is 77.3 Å². The first-order valence-electron chi connectivity index (χ1n) is 3.84. The first kappa shape index (κ1) is 9.01. The van der Waals surface area contributed by atoms with Crippen molar-refractivity contribution in [1.29, 1.82) is 0 Å². The van der Waals surface area contributed by atoms with Crippen LogP contribution in [0.1, 0.15) is 11.7 Å². The van der Waals surface area contributed by atoms with Gasteiger partial charge in [0.05, 0.1) is 17.6 Å². The van der Waals surface area contributed by atoms with Crippen LogP contribution in [0.3, 0.4) is 0 Å². The third-order valence-corrected chi connectivity index (χ3v) is 1.94. The summed E-state index contributed by atoms with van der Waals surface area (Å²) >= 11 is 0. The SMILES string of the molecule is O=[N+]([O-])c1cc(F)c(C2CO2)cc1F. The van der Waals surface area contributed by atoms with Gasteiger partial charge in [-0.1, -0.05) is 0 Å². The van der Waals surface area contributed by atoms with Crippen LogP contribution in [0, 0.1) is 21.7 Å². The number of nitro groups is 1. The van der Waals surface area contributed by atoms with Crippen molar-refractivity contribution in [3.8, 4) is 0 Å². The molecule has 0 spiro atoms. The highest BCUT2D eigenvalue weighted by molar-refractivity contribution is 5.37. The maximum absolute atomic E-state index is 13.1. The summed E-state index contributed by atoms with van der Waals surface area (Å²) < 4.78 is 30.9. The number of nitro benzene ring substituents is 1. The van der Waals surface area contributed by atoms with Crippen molar-refractivity contribution in [1.82, 2.24) is 0 Å². The van der Waals surface area contributed by atoms with Crippen molar-refractivity contribution in [3.05, 3.63) is 39.4 Å². The Morgan fingerprint density at radius 1 is 1.43 bits per heavy atom. The molecule has 14 heavy (non-hydrogen) atoms. The number of hydrogen-bond donors (Lipinski definition) is 0. The van der Waals surface area contributed by atoms with Crippen molar-refractivity contribution < 1.29 is 18.4 Å². The Balaban J connectivity index is 2.48. The molecule has 0 amide bonds. The molecule has 74 valence electrons. The van der Waals surface area contributed by atoms with Gasteiger partial charge in [-0.05, 0) is 6.07 Å². The second-order valence-electron chi connectivity index (χ2n) is 2.90. The van der Waals surface area contributed by atoms with Crippen LogP contribution >= 0.6 is 0 Å². The van der Waals surface area contributed by atoms with Crippen molar-refractivity contribution in [3.63, 3.8) is 0 Å². The predicted molar refractivity (Wildman–Crippen MR) is 41.7 cm³/mol. The minimum absolute atomic E-state index is 0.0353. The van der Waals surface area contributed by atoms with Gasteiger partial charge in [-0.25, -0.2) is 4.39 Å². The normalized spacial score (nSPS) is 19.4. The molecule has 1 aromatic carbocycles. The zero-order valence-corrected chi connectivity index (χ0v) is 6.87. The zero-order chi connectivity index (χ0) is 10.3. The Kier molecular flexibility index (Phi) is 1.92. The first-order chi connectivity index (χ1) is 6.59. The van der Waals surface area contributed by atoms with Crippen LogP contribution in [0.2, 0.25) is 0 Å². The summed E-state index contributed by atoms with van der Waals surface area (Å²) in [5.41, 5.74) is -0.819. The second kappa shape index (κ2) is 2.98. The molecule has 0 saturated carbocycles. The number of ether oxygens (including phenoxy) is 1. The Bertz CT molecular complexity index is 404. The van der Waals surface area contributed by atoms with Gasteiger partial charge < -0.3 is 4.74 Å². The maximum atomic E-state index is 13.1. The topological polar surface area (TPSA) is 55.7 Å². The highest BCUT2D eigenvalue weighted by atomic mass is 19.1. The quantitative estimate of drug-likeness (QED) is 0.417. The second-order valence-corrected chi connectivity index (χ2v) is 2.90. The number of rotatable bonds is 2. The van der Waals surface area contributed by atoms with E-state index < -0.39 is 28.3 Å². The van der Waals surface area contributed by atoms with Crippen LogP contribution in [0.25, 0.3) is 0 Å². The molecule has 0 N–H and O–H groups in total. The van der Waals surface area contributed by atoms with E-state index in [-0.39, 0.29) is 5.56 Å². The van der Waals surface area contributed by atoms with Crippen LogP contribution in [-0.4, -0.2) is 11.5 Å². The average Bonchev–Trinajstić information content (AvgIpc) is 2.91. The van der Waals surface area contributed by atoms with Gasteiger partial charge in [-0.3, -0.25) is 10.1 Å². The standard InChI is InChI=1S/C8H5F2NO3/c9-5-2-7(11(12)13)6(10)1-4(5)8-3-14-8/h1-2,8H,3H2. The van der Waals surface area contributed by atoms with E-state index in [9.17, 15) is 18.9 Å². The minimum atomic E-state index is -1.04. The van der Waals surface area contributed by atoms with E-state index in [1.54, 1.807) is 0 Å². The van der Waals surface area contributed by atoms with Crippen molar-refractivity contribution in [2.24, 2.45) is 0 Å². The average molecular weight is 201 g/mol. The summed E-state index contributed by atoms with van der Waals surface area (Å²) in [6, 6.07) is 1.39. The van der Waals surface area contributed by atoms with Crippen LogP contribution in [0.15, 0.2) is 12.1 Å². The summed E-state index contributed by atoms with van der Waals surface area (Å²) in [6.07, 6.45) is -0.453. The van der Waals surface area contributed by atoms with Crippen molar-refractivity contribution in [2.45, 2.75) is 6.10 Å². The lowest BCUT2D eigenvalue weighted by Gasteiger charge is -1.99. The summed E-state index contributed by atoms with van der Waals surface area (Å²) in [6.45, 7) is 0.328. The molecule has 1 aliphatic rings. The van der Waals surface area contributed by atoms with Gasteiger partial charge in [0.1, 0.15) is 11.9 Å². The van der Waals surface area contributed by atoms with Crippen LogP contribution in [-0.2, 0) is 4.74 Å². The van der Waals surface area contributed by atoms with Crippen LogP contribution in [0.5, 0.6) is 0 Å². The highest BCUT2D eigenvalue weighted by Gasteiger charge is 2.30. The number of epoxide rings is 1. The van der Waals surface area contributed by atoms with Crippen LogP contribution < -0.4 is 0 Å². The molecule has 0 aliphatic carbocycles. The van der Waals surface area contributed by atoms with E-state index in [1.165, 1.54) is 0 Å². The van der Waals surface area contributed by atoms with E-state index in [1.807, 2.05) is 0 Å². The molecule has 0 radical (unpaired) electrons. The monoisotopic (exact) mass is 201 g/mol. The zero-order valence-electron chi connectivity index (χ0n) is 6.87.